The SMILES string of the molecule is CC(=O)CC(=O)O/C(=C\c1ccc(Cl)cc1)COC(=O)c1ccc([N+](=O)[O-])cc1. The molecule has 0 aromatic heterocycles. The third kappa shape index (κ3) is 7.19. The van der Waals surface area contributed by atoms with Crippen LogP contribution in [0.4, 0.5) is 5.69 Å². The number of non-ortho nitro benzene ring substituents is 1. The van der Waals surface area contributed by atoms with Crippen LogP contribution < -0.4 is 0 Å². The van der Waals surface area contributed by atoms with Crippen LogP contribution in [0.2, 0.25) is 5.02 Å². The molecule has 8 nitrogen and oxygen atoms in total. The van der Waals surface area contributed by atoms with Gasteiger partial charge in [0.25, 0.3) is 5.69 Å². The highest BCUT2D eigenvalue weighted by molar-refractivity contribution is 6.30. The van der Waals surface area contributed by atoms with Gasteiger partial charge in [0.2, 0.25) is 0 Å². The Kier molecular flexibility index (Phi) is 7.62. The number of nitro groups is 1. The van der Waals surface area contributed by atoms with Crippen LogP contribution in [0.15, 0.2) is 54.3 Å². The first-order valence-electron chi connectivity index (χ1n) is 8.32. The number of hydrogen-bond acceptors (Lipinski definition) is 7. The van der Waals surface area contributed by atoms with E-state index in [0.29, 0.717) is 10.6 Å². The molecule has 0 bridgehead atoms. The van der Waals surface area contributed by atoms with Gasteiger partial charge >= 0.3 is 11.9 Å². The van der Waals surface area contributed by atoms with E-state index in [1.54, 1.807) is 24.3 Å². The number of ether oxygens (including phenoxy) is 2. The van der Waals surface area contributed by atoms with E-state index in [1.165, 1.54) is 37.3 Å². The Bertz CT molecular complexity index is 950. The van der Waals surface area contributed by atoms with E-state index < -0.39 is 23.3 Å². The van der Waals surface area contributed by atoms with Gasteiger partial charge in [0, 0.05) is 17.2 Å². The summed E-state index contributed by atoms with van der Waals surface area (Å²) in [4.78, 5) is 45.1. The number of Topliss-reactive ketones (excluding diaryl/α,β-unsaturated/α-hetero) is 1. The molecule has 0 spiro atoms. The predicted molar refractivity (Wildman–Crippen MR) is 104 cm³/mol. The molecule has 0 aliphatic carbocycles. The Balaban J connectivity index is 2.12. The number of nitrogens with zero attached hydrogens (tertiary/aromatic N) is 1. The van der Waals surface area contributed by atoms with Gasteiger partial charge in [0.05, 0.1) is 10.5 Å². The molecule has 0 aliphatic rings. The molecule has 0 saturated carbocycles. The van der Waals surface area contributed by atoms with E-state index in [1.807, 2.05) is 0 Å². The van der Waals surface area contributed by atoms with Crippen molar-refractivity contribution in [1.29, 1.82) is 0 Å². The summed E-state index contributed by atoms with van der Waals surface area (Å²) in [6, 6.07) is 11.5. The topological polar surface area (TPSA) is 113 Å². The van der Waals surface area contributed by atoms with Crippen molar-refractivity contribution >= 4 is 41.1 Å². The standard InChI is InChI=1S/C20H16ClNO7/c1-13(23)10-19(24)29-18(11-14-2-6-16(21)7-3-14)12-28-20(25)15-4-8-17(9-5-15)22(26)27/h2-9,11H,10,12H2,1H3/b18-11-. The van der Waals surface area contributed by atoms with Gasteiger partial charge in [-0.3, -0.25) is 19.7 Å². The highest BCUT2D eigenvalue weighted by Crippen LogP contribution is 2.16. The maximum absolute atomic E-state index is 12.2. The van der Waals surface area contributed by atoms with Crippen LogP contribution in [-0.2, 0) is 19.1 Å². The lowest BCUT2D eigenvalue weighted by atomic mass is 10.2. The number of benzene rings is 2. The number of nitro benzene ring substituents is 1. The van der Waals surface area contributed by atoms with E-state index in [4.69, 9.17) is 21.1 Å². The fraction of sp³-hybridized carbons (Fsp3) is 0.150. The van der Waals surface area contributed by atoms with Crippen molar-refractivity contribution in [2.24, 2.45) is 0 Å². The smallest absolute Gasteiger partial charge is 0.338 e. The van der Waals surface area contributed by atoms with Crippen molar-refractivity contribution in [1.82, 2.24) is 0 Å². The Morgan fingerprint density at radius 1 is 1.07 bits per heavy atom. The van der Waals surface area contributed by atoms with Crippen LogP contribution in [0.25, 0.3) is 6.08 Å². The van der Waals surface area contributed by atoms with Crippen molar-refractivity contribution in [2.75, 3.05) is 6.61 Å². The van der Waals surface area contributed by atoms with Gasteiger partial charge in [-0.2, -0.15) is 0 Å². The highest BCUT2D eigenvalue weighted by atomic mass is 35.5. The van der Waals surface area contributed by atoms with Gasteiger partial charge < -0.3 is 9.47 Å². The van der Waals surface area contributed by atoms with Crippen LogP contribution in [-0.4, -0.2) is 29.3 Å². The molecule has 0 saturated heterocycles. The number of hydrogen-bond donors (Lipinski definition) is 0. The number of ketones is 1. The van der Waals surface area contributed by atoms with E-state index in [-0.39, 0.29) is 29.4 Å². The van der Waals surface area contributed by atoms with Gasteiger partial charge in [0.1, 0.15) is 24.6 Å². The zero-order valence-corrected chi connectivity index (χ0v) is 16.0. The molecule has 2 aromatic rings. The van der Waals surface area contributed by atoms with Gasteiger partial charge in [0.15, 0.2) is 0 Å². The first-order valence-corrected chi connectivity index (χ1v) is 8.70. The molecule has 0 heterocycles. The predicted octanol–water partition coefficient (Wildman–Crippen LogP) is 3.97. The third-order valence-electron chi connectivity index (χ3n) is 3.50. The monoisotopic (exact) mass is 417 g/mol. The molecule has 0 amide bonds. The van der Waals surface area contributed by atoms with Gasteiger partial charge in [-0.1, -0.05) is 23.7 Å². The number of rotatable bonds is 8. The van der Waals surface area contributed by atoms with E-state index in [2.05, 4.69) is 0 Å². The maximum Gasteiger partial charge on any atom is 0.338 e. The van der Waals surface area contributed by atoms with Gasteiger partial charge in [-0.05, 0) is 42.8 Å². The number of esters is 2. The second-order valence-corrected chi connectivity index (χ2v) is 6.33. The maximum atomic E-state index is 12.2. The first-order chi connectivity index (χ1) is 13.7. The number of carbonyl (C=O) groups excluding carboxylic acids is 3. The average Bonchev–Trinajstić information content (AvgIpc) is 2.67. The molecule has 0 aliphatic heterocycles. The van der Waals surface area contributed by atoms with E-state index in [9.17, 15) is 24.5 Å². The molecule has 2 rings (SSSR count). The summed E-state index contributed by atoms with van der Waals surface area (Å²) >= 11 is 5.84. The van der Waals surface area contributed by atoms with Crippen LogP contribution in [0.5, 0.6) is 0 Å². The Hall–Kier alpha value is -3.52. The highest BCUT2D eigenvalue weighted by Gasteiger charge is 2.15. The third-order valence-corrected chi connectivity index (χ3v) is 3.75. The minimum atomic E-state index is -0.788. The summed E-state index contributed by atoms with van der Waals surface area (Å²) in [6.07, 6.45) is 1.05. The molecule has 0 fully saturated rings. The molecular formula is C20H16ClNO7. The second-order valence-electron chi connectivity index (χ2n) is 5.90. The molecule has 0 N–H and O–H groups in total. The van der Waals surface area contributed by atoms with Crippen molar-refractivity contribution in [2.45, 2.75) is 13.3 Å². The summed E-state index contributed by atoms with van der Waals surface area (Å²) < 4.78 is 10.3. The van der Waals surface area contributed by atoms with Crippen LogP contribution in [0.1, 0.15) is 29.3 Å². The molecular weight excluding hydrogens is 402 g/mol. The lowest BCUT2D eigenvalue weighted by molar-refractivity contribution is -0.384. The molecule has 9 heteroatoms. The van der Waals surface area contributed by atoms with Crippen molar-refractivity contribution in [3.8, 4) is 0 Å². The summed E-state index contributed by atoms with van der Waals surface area (Å²) in [7, 11) is 0. The zero-order chi connectivity index (χ0) is 21.4. The summed E-state index contributed by atoms with van der Waals surface area (Å²) in [5, 5.41) is 11.2. The van der Waals surface area contributed by atoms with E-state index in [0.717, 1.165) is 0 Å². The Morgan fingerprint density at radius 2 is 1.69 bits per heavy atom. The van der Waals surface area contributed by atoms with Gasteiger partial charge in [-0.25, -0.2) is 4.79 Å². The van der Waals surface area contributed by atoms with Crippen LogP contribution in [0, 0.1) is 10.1 Å². The molecule has 0 unspecified atom stereocenters. The van der Waals surface area contributed by atoms with Crippen molar-refractivity contribution in [3.05, 3.63) is 80.6 Å². The Labute approximate surface area is 170 Å². The van der Waals surface area contributed by atoms with E-state index >= 15 is 0 Å². The van der Waals surface area contributed by atoms with Crippen molar-refractivity contribution < 1.29 is 28.8 Å². The number of carbonyl (C=O) groups is 3. The van der Waals surface area contributed by atoms with Crippen LogP contribution >= 0.6 is 11.6 Å². The van der Waals surface area contributed by atoms with Gasteiger partial charge in [-0.15, -0.1) is 0 Å². The summed E-state index contributed by atoms with van der Waals surface area (Å²) in [5.74, 6) is -1.91. The lowest BCUT2D eigenvalue weighted by Crippen LogP contribution is -2.14. The average molecular weight is 418 g/mol. The minimum absolute atomic E-state index is 0.00818. The molecule has 0 radical (unpaired) electrons. The number of halogens is 1. The summed E-state index contributed by atoms with van der Waals surface area (Å²) in [5.41, 5.74) is 0.561. The largest absolute Gasteiger partial charge is 0.454 e. The Morgan fingerprint density at radius 3 is 2.24 bits per heavy atom. The molecule has 150 valence electrons. The first kappa shape index (κ1) is 21.8. The molecule has 0 atom stereocenters. The minimum Gasteiger partial charge on any atom is -0.454 e. The lowest BCUT2D eigenvalue weighted by Gasteiger charge is -2.10. The van der Waals surface area contributed by atoms with Crippen molar-refractivity contribution in [3.63, 3.8) is 0 Å². The quantitative estimate of drug-likeness (QED) is 0.210. The fourth-order valence-electron chi connectivity index (χ4n) is 2.17. The fourth-order valence-corrected chi connectivity index (χ4v) is 2.30. The summed E-state index contributed by atoms with van der Waals surface area (Å²) in [6.45, 7) is 0.862. The second kappa shape index (κ2) is 10.1. The zero-order valence-electron chi connectivity index (χ0n) is 15.3. The molecule has 2 aromatic carbocycles. The van der Waals surface area contributed by atoms with Crippen LogP contribution in [0.3, 0.4) is 0 Å². The normalized spacial score (nSPS) is 10.9. The molecule has 29 heavy (non-hydrogen) atoms.